The highest BCUT2D eigenvalue weighted by molar-refractivity contribution is 7.19. The molecule has 27 heavy (non-hydrogen) atoms. The molecule has 0 aliphatic heterocycles. The number of nitrogens with zero attached hydrogens (tertiary/aromatic N) is 4. The summed E-state index contributed by atoms with van der Waals surface area (Å²) in [5.41, 5.74) is 2.38. The smallest absolute Gasteiger partial charge is 0.251 e. The van der Waals surface area contributed by atoms with Crippen molar-refractivity contribution < 1.29 is 9.18 Å². The second-order valence-corrected chi connectivity index (χ2v) is 6.91. The van der Waals surface area contributed by atoms with Gasteiger partial charge in [0.25, 0.3) is 5.91 Å². The molecule has 136 valence electrons. The van der Waals surface area contributed by atoms with E-state index in [0.29, 0.717) is 12.1 Å². The number of carbonyl (C=O) groups excluding carboxylic acids is 1. The molecule has 2 aromatic heterocycles. The van der Waals surface area contributed by atoms with Gasteiger partial charge in [0.1, 0.15) is 10.8 Å². The third-order valence-corrected chi connectivity index (χ3v) is 5.08. The SMILES string of the molecule is CCc1nnc2sc(-c3ccc(CNC(=O)c4ccc(F)cc4)cc3)nn12. The van der Waals surface area contributed by atoms with Gasteiger partial charge in [-0.2, -0.15) is 9.61 Å². The van der Waals surface area contributed by atoms with Crippen molar-refractivity contribution in [2.45, 2.75) is 19.9 Å². The summed E-state index contributed by atoms with van der Waals surface area (Å²) in [7, 11) is 0. The van der Waals surface area contributed by atoms with E-state index in [1.807, 2.05) is 31.2 Å². The molecule has 0 bridgehead atoms. The van der Waals surface area contributed by atoms with Crippen molar-refractivity contribution in [2.75, 3.05) is 0 Å². The minimum atomic E-state index is -0.362. The Balaban J connectivity index is 1.44. The van der Waals surface area contributed by atoms with Crippen LogP contribution < -0.4 is 5.32 Å². The minimum absolute atomic E-state index is 0.236. The number of aryl methyl sites for hydroxylation is 1. The zero-order chi connectivity index (χ0) is 18.8. The summed E-state index contributed by atoms with van der Waals surface area (Å²) in [4.78, 5) is 12.9. The number of aromatic nitrogens is 4. The fraction of sp³-hybridized carbons (Fsp3) is 0.158. The van der Waals surface area contributed by atoms with Gasteiger partial charge in [-0.15, -0.1) is 10.2 Å². The van der Waals surface area contributed by atoms with Crippen LogP contribution in [0.2, 0.25) is 0 Å². The zero-order valence-electron chi connectivity index (χ0n) is 14.5. The first-order chi connectivity index (χ1) is 13.1. The molecular formula is C19H16FN5OS. The molecule has 0 saturated heterocycles. The third kappa shape index (κ3) is 3.56. The van der Waals surface area contributed by atoms with Gasteiger partial charge in [-0.3, -0.25) is 4.79 Å². The molecule has 0 aliphatic rings. The van der Waals surface area contributed by atoms with Crippen LogP contribution in [0.15, 0.2) is 48.5 Å². The third-order valence-electron chi connectivity index (χ3n) is 4.13. The van der Waals surface area contributed by atoms with Gasteiger partial charge in [0.15, 0.2) is 5.82 Å². The number of carbonyl (C=O) groups is 1. The highest BCUT2D eigenvalue weighted by atomic mass is 32.1. The molecule has 4 rings (SSSR count). The van der Waals surface area contributed by atoms with Crippen LogP contribution in [0.25, 0.3) is 15.5 Å². The quantitative estimate of drug-likeness (QED) is 0.574. The van der Waals surface area contributed by atoms with Crippen LogP contribution >= 0.6 is 11.3 Å². The van der Waals surface area contributed by atoms with Crippen molar-refractivity contribution in [1.82, 2.24) is 25.1 Å². The van der Waals surface area contributed by atoms with E-state index in [-0.39, 0.29) is 11.7 Å². The first-order valence-electron chi connectivity index (χ1n) is 8.48. The van der Waals surface area contributed by atoms with Crippen molar-refractivity contribution in [2.24, 2.45) is 0 Å². The van der Waals surface area contributed by atoms with Gasteiger partial charge in [0.05, 0.1) is 0 Å². The first-order valence-corrected chi connectivity index (χ1v) is 9.30. The Morgan fingerprint density at radius 1 is 1.11 bits per heavy atom. The molecule has 0 fully saturated rings. The summed E-state index contributed by atoms with van der Waals surface area (Å²) in [6.07, 6.45) is 0.775. The van der Waals surface area contributed by atoms with Gasteiger partial charge >= 0.3 is 0 Å². The van der Waals surface area contributed by atoms with Gasteiger partial charge in [-0.1, -0.05) is 42.5 Å². The van der Waals surface area contributed by atoms with Gasteiger partial charge in [-0.05, 0) is 29.8 Å². The Morgan fingerprint density at radius 3 is 2.56 bits per heavy atom. The molecule has 2 heterocycles. The normalized spacial score (nSPS) is 11.0. The summed E-state index contributed by atoms with van der Waals surface area (Å²) in [5, 5.41) is 16.5. The molecule has 0 spiro atoms. The lowest BCUT2D eigenvalue weighted by atomic mass is 10.1. The van der Waals surface area contributed by atoms with Crippen LogP contribution in [0.3, 0.4) is 0 Å². The van der Waals surface area contributed by atoms with Gasteiger partial charge in [-0.25, -0.2) is 4.39 Å². The minimum Gasteiger partial charge on any atom is -0.348 e. The van der Waals surface area contributed by atoms with E-state index in [2.05, 4.69) is 20.6 Å². The van der Waals surface area contributed by atoms with Gasteiger partial charge in [0, 0.05) is 24.1 Å². The number of fused-ring (bicyclic) bond motifs is 1. The largest absolute Gasteiger partial charge is 0.348 e. The van der Waals surface area contributed by atoms with Crippen molar-refractivity contribution >= 4 is 22.2 Å². The van der Waals surface area contributed by atoms with E-state index >= 15 is 0 Å². The number of benzene rings is 2. The number of amides is 1. The van der Waals surface area contributed by atoms with E-state index in [4.69, 9.17) is 0 Å². The molecule has 2 aromatic carbocycles. The number of hydrogen-bond acceptors (Lipinski definition) is 5. The molecule has 6 nitrogen and oxygen atoms in total. The van der Waals surface area contributed by atoms with Crippen LogP contribution in [-0.4, -0.2) is 25.7 Å². The lowest BCUT2D eigenvalue weighted by molar-refractivity contribution is 0.0951. The topological polar surface area (TPSA) is 72.2 Å². The molecule has 0 saturated carbocycles. The Kier molecular flexibility index (Phi) is 4.64. The van der Waals surface area contributed by atoms with Crippen molar-refractivity contribution in [3.8, 4) is 10.6 Å². The highest BCUT2D eigenvalue weighted by Crippen LogP contribution is 2.25. The molecule has 1 N–H and O–H groups in total. The van der Waals surface area contributed by atoms with Gasteiger partial charge < -0.3 is 5.32 Å². The van der Waals surface area contributed by atoms with Crippen molar-refractivity contribution in [1.29, 1.82) is 0 Å². The number of halogens is 1. The maximum atomic E-state index is 12.9. The second kappa shape index (κ2) is 7.24. The second-order valence-electron chi connectivity index (χ2n) is 5.96. The van der Waals surface area contributed by atoms with E-state index in [1.54, 1.807) is 4.52 Å². The number of hydrogen-bond donors (Lipinski definition) is 1. The fourth-order valence-electron chi connectivity index (χ4n) is 2.65. The average molecular weight is 381 g/mol. The maximum absolute atomic E-state index is 12.9. The van der Waals surface area contributed by atoms with Crippen LogP contribution in [0.5, 0.6) is 0 Å². The number of rotatable bonds is 5. The molecule has 1 amide bonds. The zero-order valence-corrected chi connectivity index (χ0v) is 15.3. The van der Waals surface area contributed by atoms with E-state index in [9.17, 15) is 9.18 Å². The molecule has 0 unspecified atom stereocenters. The summed E-state index contributed by atoms with van der Waals surface area (Å²) in [6.45, 7) is 2.41. The lowest BCUT2D eigenvalue weighted by Gasteiger charge is -2.06. The molecule has 0 radical (unpaired) electrons. The average Bonchev–Trinajstić information content (AvgIpc) is 3.27. The summed E-state index contributed by atoms with van der Waals surface area (Å²) < 4.78 is 14.7. The first kappa shape index (κ1) is 17.3. The van der Waals surface area contributed by atoms with Crippen LogP contribution in [0.1, 0.15) is 28.7 Å². The highest BCUT2D eigenvalue weighted by Gasteiger charge is 2.12. The van der Waals surface area contributed by atoms with Crippen molar-refractivity contribution in [3.05, 3.63) is 71.3 Å². The maximum Gasteiger partial charge on any atom is 0.251 e. The standard InChI is InChI=1S/C19H16FN5OS/c1-2-16-22-23-19-25(16)24-18(27-19)14-5-3-12(4-6-14)11-21-17(26)13-7-9-15(20)10-8-13/h3-10H,2,11H2,1H3,(H,21,26). The van der Waals surface area contributed by atoms with Gasteiger partial charge in [0.2, 0.25) is 4.96 Å². The predicted molar refractivity (Wildman–Crippen MR) is 101 cm³/mol. The molecular weight excluding hydrogens is 365 g/mol. The number of nitrogens with one attached hydrogen (secondary N) is 1. The molecule has 4 aromatic rings. The lowest BCUT2D eigenvalue weighted by Crippen LogP contribution is -2.22. The predicted octanol–water partition coefficient (Wildman–Crippen LogP) is 3.48. The molecule has 0 aliphatic carbocycles. The molecule has 8 heteroatoms. The van der Waals surface area contributed by atoms with Crippen LogP contribution in [0.4, 0.5) is 4.39 Å². The summed E-state index contributed by atoms with van der Waals surface area (Å²) in [5.74, 6) is 0.242. The fourth-order valence-corrected chi connectivity index (χ4v) is 3.51. The van der Waals surface area contributed by atoms with Crippen molar-refractivity contribution in [3.63, 3.8) is 0 Å². The Labute approximate surface area is 158 Å². The Hall–Kier alpha value is -3.13. The van der Waals surface area contributed by atoms with Crippen LogP contribution in [-0.2, 0) is 13.0 Å². The van der Waals surface area contributed by atoms with E-state index < -0.39 is 0 Å². The Morgan fingerprint density at radius 2 is 1.85 bits per heavy atom. The van der Waals surface area contributed by atoms with Crippen LogP contribution in [0, 0.1) is 5.82 Å². The summed E-state index contributed by atoms with van der Waals surface area (Å²) >= 11 is 1.49. The van der Waals surface area contributed by atoms with E-state index in [1.165, 1.54) is 35.6 Å². The Bertz CT molecular complexity index is 1090. The summed E-state index contributed by atoms with van der Waals surface area (Å²) in [6, 6.07) is 13.3. The molecule has 0 atom stereocenters. The van der Waals surface area contributed by atoms with E-state index in [0.717, 1.165) is 33.3 Å². The monoisotopic (exact) mass is 381 g/mol.